The Labute approximate surface area is 109 Å². The van der Waals surface area contributed by atoms with Crippen molar-refractivity contribution < 1.29 is 9.53 Å². The molecular weight excluding hydrogens is 224 g/mol. The van der Waals surface area contributed by atoms with Gasteiger partial charge in [0, 0.05) is 17.3 Å². The molecule has 2 unspecified atom stereocenters. The van der Waals surface area contributed by atoms with E-state index in [4.69, 9.17) is 4.74 Å². The Kier molecular flexibility index (Phi) is 3.47. The minimum Gasteiger partial charge on any atom is -0.497 e. The van der Waals surface area contributed by atoms with Crippen LogP contribution in [0.15, 0.2) is 24.3 Å². The van der Waals surface area contributed by atoms with Crippen molar-refractivity contribution in [1.29, 1.82) is 0 Å². The van der Waals surface area contributed by atoms with Crippen molar-refractivity contribution >= 4 is 5.78 Å². The Morgan fingerprint density at radius 1 is 1.17 bits per heavy atom. The predicted octanol–water partition coefficient (Wildman–Crippen LogP) is 3.80. The molecule has 0 aliphatic heterocycles. The van der Waals surface area contributed by atoms with E-state index >= 15 is 0 Å². The number of Topliss-reactive ketones (excluding diaryl/α,β-unsaturated/α-hetero) is 1. The van der Waals surface area contributed by atoms with Crippen molar-refractivity contribution in [3.63, 3.8) is 0 Å². The number of ketones is 1. The lowest BCUT2D eigenvalue weighted by Gasteiger charge is -2.52. The molecule has 0 aromatic heterocycles. The molecule has 0 N–H and O–H groups in total. The van der Waals surface area contributed by atoms with E-state index in [0.29, 0.717) is 11.7 Å². The van der Waals surface area contributed by atoms with Gasteiger partial charge in [-0.15, -0.1) is 0 Å². The molecule has 1 fully saturated rings. The fourth-order valence-corrected chi connectivity index (χ4v) is 3.60. The number of hydrogen-bond donors (Lipinski definition) is 0. The molecule has 1 aliphatic rings. The lowest BCUT2D eigenvalue weighted by atomic mass is 9.49. The number of ether oxygens (including phenoxy) is 1. The third-order valence-electron chi connectivity index (χ3n) is 4.74. The fourth-order valence-electron chi connectivity index (χ4n) is 3.60. The largest absolute Gasteiger partial charge is 0.497 e. The van der Waals surface area contributed by atoms with Crippen molar-refractivity contribution in [2.45, 2.75) is 39.5 Å². The van der Waals surface area contributed by atoms with Gasteiger partial charge in [0.1, 0.15) is 11.5 Å². The third-order valence-corrected chi connectivity index (χ3v) is 4.74. The topological polar surface area (TPSA) is 26.3 Å². The first-order chi connectivity index (χ1) is 8.60. The highest BCUT2D eigenvalue weighted by Crippen LogP contribution is 2.57. The highest BCUT2D eigenvalue weighted by atomic mass is 16.5. The molecule has 0 amide bonds. The van der Waals surface area contributed by atoms with Crippen molar-refractivity contribution in [2.75, 3.05) is 7.11 Å². The van der Waals surface area contributed by atoms with E-state index in [-0.39, 0.29) is 11.3 Å². The smallest absolute Gasteiger partial charge is 0.143 e. The summed E-state index contributed by atoms with van der Waals surface area (Å²) in [5, 5.41) is 0. The zero-order valence-electron chi connectivity index (χ0n) is 11.7. The van der Waals surface area contributed by atoms with Crippen LogP contribution in [0.3, 0.4) is 0 Å². The molecule has 18 heavy (non-hydrogen) atoms. The minimum atomic E-state index is -0.131. The Bertz CT molecular complexity index is 429. The molecule has 0 radical (unpaired) electrons. The van der Waals surface area contributed by atoms with Crippen LogP contribution in [-0.4, -0.2) is 12.9 Å². The van der Waals surface area contributed by atoms with Crippen LogP contribution in [0, 0.1) is 11.3 Å². The van der Waals surface area contributed by atoms with Gasteiger partial charge >= 0.3 is 0 Å². The molecule has 0 saturated heterocycles. The van der Waals surface area contributed by atoms with Crippen LogP contribution in [-0.2, 0) is 4.79 Å². The first kappa shape index (κ1) is 13.1. The summed E-state index contributed by atoms with van der Waals surface area (Å²) in [6.07, 6.45) is 1.87. The van der Waals surface area contributed by atoms with Gasteiger partial charge in [0.25, 0.3) is 0 Å². The van der Waals surface area contributed by atoms with Gasteiger partial charge in [-0.1, -0.05) is 32.9 Å². The van der Waals surface area contributed by atoms with Gasteiger partial charge in [-0.2, -0.15) is 0 Å². The van der Waals surface area contributed by atoms with Crippen molar-refractivity contribution in [3.8, 4) is 5.75 Å². The standard InChI is InChI=1S/C16H22O2/c1-5-16(6-2)14(11(3)15(16)17)12-7-9-13(18-4)10-8-12/h7-11,14H,5-6H2,1-4H3. The summed E-state index contributed by atoms with van der Waals surface area (Å²) in [7, 11) is 1.67. The van der Waals surface area contributed by atoms with Gasteiger partial charge in [0.05, 0.1) is 7.11 Å². The average Bonchev–Trinajstić information content (AvgIpc) is 2.43. The van der Waals surface area contributed by atoms with Crippen molar-refractivity contribution in [2.24, 2.45) is 11.3 Å². The summed E-state index contributed by atoms with van der Waals surface area (Å²) in [4.78, 5) is 12.2. The van der Waals surface area contributed by atoms with E-state index in [1.165, 1.54) is 5.56 Å². The molecule has 2 atom stereocenters. The lowest BCUT2D eigenvalue weighted by molar-refractivity contribution is -0.150. The zero-order valence-corrected chi connectivity index (χ0v) is 11.7. The van der Waals surface area contributed by atoms with E-state index in [2.05, 4.69) is 32.9 Å². The summed E-state index contributed by atoms with van der Waals surface area (Å²) >= 11 is 0. The fraction of sp³-hybridized carbons (Fsp3) is 0.562. The van der Waals surface area contributed by atoms with E-state index in [1.54, 1.807) is 7.11 Å². The van der Waals surface area contributed by atoms with Crippen LogP contribution in [0.1, 0.15) is 45.1 Å². The molecule has 2 rings (SSSR count). The number of carbonyl (C=O) groups excluding carboxylic acids is 1. The molecular formula is C16H22O2. The number of methoxy groups -OCH3 is 1. The molecule has 2 heteroatoms. The molecule has 1 aliphatic carbocycles. The highest BCUT2D eigenvalue weighted by molar-refractivity contribution is 5.95. The van der Waals surface area contributed by atoms with Crippen LogP contribution >= 0.6 is 0 Å². The van der Waals surface area contributed by atoms with Gasteiger partial charge in [0.15, 0.2) is 0 Å². The Balaban J connectivity index is 2.33. The first-order valence-electron chi connectivity index (χ1n) is 6.79. The molecule has 98 valence electrons. The summed E-state index contributed by atoms with van der Waals surface area (Å²) in [5.41, 5.74) is 1.14. The molecule has 0 spiro atoms. The van der Waals surface area contributed by atoms with Crippen molar-refractivity contribution in [3.05, 3.63) is 29.8 Å². The maximum atomic E-state index is 12.2. The maximum Gasteiger partial charge on any atom is 0.143 e. The SMILES string of the molecule is CCC1(CC)C(=O)C(C)C1c1ccc(OC)cc1. The summed E-state index contributed by atoms with van der Waals surface area (Å²) in [5.74, 6) is 1.83. The molecule has 0 bridgehead atoms. The summed E-state index contributed by atoms with van der Waals surface area (Å²) < 4.78 is 5.19. The van der Waals surface area contributed by atoms with Crippen molar-refractivity contribution in [1.82, 2.24) is 0 Å². The number of rotatable bonds is 4. The van der Waals surface area contributed by atoms with Crippen LogP contribution in [0.25, 0.3) is 0 Å². The van der Waals surface area contributed by atoms with Crippen LogP contribution in [0.2, 0.25) is 0 Å². The zero-order chi connectivity index (χ0) is 13.3. The van der Waals surface area contributed by atoms with E-state index in [9.17, 15) is 4.79 Å². The second-order valence-corrected chi connectivity index (χ2v) is 5.27. The van der Waals surface area contributed by atoms with Gasteiger partial charge < -0.3 is 4.74 Å². The van der Waals surface area contributed by atoms with Gasteiger partial charge in [-0.25, -0.2) is 0 Å². The van der Waals surface area contributed by atoms with Gasteiger partial charge in [0.2, 0.25) is 0 Å². The Hall–Kier alpha value is -1.31. The van der Waals surface area contributed by atoms with Crippen LogP contribution in [0.5, 0.6) is 5.75 Å². The number of carbonyl (C=O) groups is 1. The minimum absolute atomic E-state index is 0.131. The molecule has 2 nitrogen and oxygen atoms in total. The predicted molar refractivity (Wildman–Crippen MR) is 72.9 cm³/mol. The highest BCUT2D eigenvalue weighted by Gasteiger charge is 2.57. The molecule has 1 saturated carbocycles. The summed E-state index contributed by atoms with van der Waals surface area (Å²) in [6, 6.07) is 8.18. The van der Waals surface area contributed by atoms with E-state index < -0.39 is 0 Å². The Morgan fingerprint density at radius 2 is 1.72 bits per heavy atom. The second-order valence-electron chi connectivity index (χ2n) is 5.27. The number of hydrogen-bond acceptors (Lipinski definition) is 2. The van der Waals surface area contributed by atoms with Gasteiger partial charge in [-0.3, -0.25) is 4.79 Å². The normalized spacial score (nSPS) is 25.7. The number of benzene rings is 1. The van der Waals surface area contributed by atoms with E-state index in [0.717, 1.165) is 18.6 Å². The van der Waals surface area contributed by atoms with Gasteiger partial charge in [-0.05, 0) is 30.5 Å². The summed E-state index contributed by atoms with van der Waals surface area (Å²) in [6.45, 7) is 6.31. The maximum absolute atomic E-state index is 12.2. The van der Waals surface area contributed by atoms with E-state index in [1.807, 2.05) is 12.1 Å². The van der Waals surface area contributed by atoms with Crippen LogP contribution < -0.4 is 4.74 Å². The lowest BCUT2D eigenvalue weighted by Crippen LogP contribution is -2.54. The quantitative estimate of drug-likeness (QED) is 0.807. The third kappa shape index (κ3) is 1.66. The monoisotopic (exact) mass is 246 g/mol. The second kappa shape index (κ2) is 4.75. The molecule has 0 heterocycles. The average molecular weight is 246 g/mol. The Morgan fingerprint density at radius 3 is 2.17 bits per heavy atom. The molecule has 1 aromatic carbocycles. The molecule has 1 aromatic rings. The van der Waals surface area contributed by atoms with Crippen LogP contribution in [0.4, 0.5) is 0 Å². The first-order valence-corrected chi connectivity index (χ1v) is 6.79.